The van der Waals surface area contributed by atoms with Crippen LogP contribution in [-0.2, 0) is 0 Å². The predicted octanol–water partition coefficient (Wildman–Crippen LogP) is 4.90. The average Bonchev–Trinajstić information content (AvgIpc) is 2.34. The summed E-state index contributed by atoms with van der Waals surface area (Å²) in [5.41, 5.74) is 3.78. The summed E-state index contributed by atoms with van der Waals surface area (Å²) in [5, 5.41) is 0. The van der Waals surface area contributed by atoms with E-state index in [0.717, 1.165) is 4.47 Å². The molecule has 0 aliphatic heterocycles. The Labute approximate surface area is 105 Å². The van der Waals surface area contributed by atoms with Crippen LogP contribution in [0.1, 0.15) is 18.1 Å². The van der Waals surface area contributed by atoms with Crippen molar-refractivity contribution in [3.63, 3.8) is 0 Å². The molecule has 0 aliphatic rings. The zero-order valence-electron chi connectivity index (χ0n) is 9.15. The van der Waals surface area contributed by atoms with E-state index in [1.165, 1.54) is 16.7 Å². The molecule has 1 heteroatoms. The summed E-state index contributed by atoms with van der Waals surface area (Å²) in [6, 6.07) is 18.9. The largest absolute Gasteiger partial charge is 0.0792 e. The van der Waals surface area contributed by atoms with Crippen molar-refractivity contribution >= 4 is 21.5 Å². The second kappa shape index (κ2) is 5.13. The van der Waals surface area contributed by atoms with Crippen molar-refractivity contribution in [1.29, 1.82) is 0 Å². The lowest BCUT2D eigenvalue weighted by atomic mass is 9.98. The topological polar surface area (TPSA) is 0 Å². The van der Waals surface area contributed by atoms with Crippen LogP contribution in [0.2, 0.25) is 0 Å². The maximum absolute atomic E-state index is 3.45. The first-order valence-corrected chi connectivity index (χ1v) is 6.08. The summed E-state index contributed by atoms with van der Waals surface area (Å²) in [6.07, 6.45) is 2.15. The Morgan fingerprint density at radius 3 is 2.00 bits per heavy atom. The maximum Gasteiger partial charge on any atom is 0.0175 e. The van der Waals surface area contributed by atoms with Gasteiger partial charge in [-0.3, -0.25) is 0 Å². The molecule has 0 amide bonds. The molecule has 0 spiro atoms. The van der Waals surface area contributed by atoms with E-state index in [0.29, 0.717) is 0 Å². The first kappa shape index (κ1) is 11.2. The molecule has 16 heavy (non-hydrogen) atoms. The highest BCUT2D eigenvalue weighted by Gasteiger charge is 2.02. The van der Waals surface area contributed by atoms with E-state index in [2.05, 4.69) is 77.5 Å². The summed E-state index contributed by atoms with van der Waals surface area (Å²) in [7, 11) is 0. The van der Waals surface area contributed by atoms with Gasteiger partial charge in [-0.05, 0) is 35.8 Å². The molecule has 80 valence electrons. The molecule has 0 saturated heterocycles. The van der Waals surface area contributed by atoms with Crippen LogP contribution in [0.25, 0.3) is 5.57 Å². The van der Waals surface area contributed by atoms with Gasteiger partial charge >= 0.3 is 0 Å². The number of hydrogen-bond acceptors (Lipinski definition) is 0. The van der Waals surface area contributed by atoms with E-state index in [1.54, 1.807) is 0 Å². The standard InChI is InChI=1S/C15H13Br/c1-2-15(12-6-4-3-5-7-12)13-8-10-14(16)11-9-13/h2-11H,1H3/b15-2+. The molecule has 0 N–H and O–H groups in total. The van der Waals surface area contributed by atoms with E-state index in [9.17, 15) is 0 Å². The summed E-state index contributed by atoms with van der Waals surface area (Å²) >= 11 is 3.45. The maximum atomic E-state index is 3.45. The van der Waals surface area contributed by atoms with Gasteiger partial charge in [0.1, 0.15) is 0 Å². The van der Waals surface area contributed by atoms with Gasteiger partial charge in [0.25, 0.3) is 0 Å². The van der Waals surface area contributed by atoms with Crippen molar-refractivity contribution in [2.45, 2.75) is 6.92 Å². The van der Waals surface area contributed by atoms with Gasteiger partial charge in [0.05, 0.1) is 0 Å². The summed E-state index contributed by atoms with van der Waals surface area (Å²) in [5.74, 6) is 0. The third kappa shape index (κ3) is 2.42. The molecule has 0 bridgehead atoms. The highest BCUT2D eigenvalue weighted by Crippen LogP contribution is 2.24. The Morgan fingerprint density at radius 2 is 1.44 bits per heavy atom. The lowest BCUT2D eigenvalue weighted by Crippen LogP contribution is -1.86. The third-order valence-corrected chi connectivity index (χ3v) is 3.06. The molecule has 0 aliphatic carbocycles. The summed E-state index contributed by atoms with van der Waals surface area (Å²) < 4.78 is 1.11. The zero-order valence-corrected chi connectivity index (χ0v) is 10.7. The van der Waals surface area contributed by atoms with Crippen molar-refractivity contribution in [1.82, 2.24) is 0 Å². The summed E-state index contributed by atoms with van der Waals surface area (Å²) in [6.45, 7) is 2.07. The predicted molar refractivity (Wildman–Crippen MR) is 73.3 cm³/mol. The van der Waals surface area contributed by atoms with E-state index in [4.69, 9.17) is 0 Å². The van der Waals surface area contributed by atoms with E-state index < -0.39 is 0 Å². The molecule has 2 aromatic carbocycles. The van der Waals surface area contributed by atoms with Crippen LogP contribution in [0.5, 0.6) is 0 Å². The molecule has 0 unspecified atom stereocenters. The Hall–Kier alpha value is -1.34. The second-order valence-electron chi connectivity index (χ2n) is 3.58. The minimum Gasteiger partial charge on any atom is -0.0792 e. The Bertz CT molecular complexity index is 481. The molecule has 0 nitrogen and oxygen atoms in total. The second-order valence-corrected chi connectivity index (χ2v) is 4.49. The van der Waals surface area contributed by atoms with Crippen molar-refractivity contribution in [2.75, 3.05) is 0 Å². The molecule has 0 aromatic heterocycles. The number of rotatable bonds is 2. The van der Waals surface area contributed by atoms with Crippen LogP contribution in [0.3, 0.4) is 0 Å². The molecule has 0 saturated carbocycles. The first-order chi connectivity index (χ1) is 7.81. The monoisotopic (exact) mass is 272 g/mol. The van der Waals surface area contributed by atoms with Crippen LogP contribution in [0.15, 0.2) is 65.1 Å². The molecule has 0 heterocycles. The fourth-order valence-electron chi connectivity index (χ4n) is 1.75. The number of allylic oxidation sites excluding steroid dienone is 1. The van der Waals surface area contributed by atoms with Gasteiger partial charge in [-0.2, -0.15) is 0 Å². The third-order valence-electron chi connectivity index (χ3n) is 2.53. The van der Waals surface area contributed by atoms with Crippen LogP contribution < -0.4 is 0 Å². The number of hydrogen-bond donors (Lipinski definition) is 0. The van der Waals surface area contributed by atoms with Crippen LogP contribution >= 0.6 is 15.9 Å². The van der Waals surface area contributed by atoms with Gasteiger partial charge in [0, 0.05) is 4.47 Å². The Balaban J connectivity index is 2.42. The quantitative estimate of drug-likeness (QED) is 0.730. The fraction of sp³-hybridized carbons (Fsp3) is 0.0667. The minimum atomic E-state index is 1.11. The van der Waals surface area contributed by atoms with Gasteiger partial charge in [-0.15, -0.1) is 0 Å². The highest BCUT2D eigenvalue weighted by atomic mass is 79.9. The highest BCUT2D eigenvalue weighted by molar-refractivity contribution is 9.10. The van der Waals surface area contributed by atoms with Crippen molar-refractivity contribution in [3.05, 3.63) is 76.3 Å². The molecular formula is C15H13Br. The molecule has 0 atom stereocenters. The van der Waals surface area contributed by atoms with Gasteiger partial charge in [0.15, 0.2) is 0 Å². The van der Waals surface area contributed by atoms with Gasteiger partial charge in [-0.1, -0.05) is 64.5 Å². The SMILES string of the molecule is C/C=C(\c1ccccc1)c1ccc(Br)cc1. The molecule has 0 fully saturated rings. The fourth-order valence-corrected chi connectivity index (χ4v) is 2.01. The van der Waals surface area contributed by atoms with E-state index >= 15 is 0 Å². The molecule has 2 aromatic rings. The van der Waals surface area contributed by atoms with Gasteiger partial charge in [0.2, 0.25) is 0 Å². The Morgan fingerprint density at radius 1 is 0.875 bits per heavy atom. The lowest BCUT2D eigenvalue weighted by Gasteiger charge is -2.07. The van der Waals surface area contributed by atoms with Crippen LogP contribution in [0.4, 0.5) is 0 Å². The van der Waals surface area contributed by atoms with Crippen LogP contribution in [0, 0.1) is 0 Å². The minimum absolute atomic E-state index is 1.11. The average molecular weight is 273 g/mol. The smallest absolute Gasteiger partial charge is 0.0175 e. The molecular weight excluding hydrogens is 260 g/mol. The van der Waals surface area contributed by atoms with Gasteiger partial charge in [-0.25, -0.2) is 0 Å². The first-order valence-electron chi connectivity index (χ1n) is 5.29. The van der Waals surface area contributed by atoms with Crippen molar-refractivity contribution < 1.29 is 0 Å². The van der Waals surface area contributed by atoms with Crippen LogP contribution in [-0.4, -0.2) is 0 Å². The zero-order chi connectivity index (χ0) is 11.4. The molecule has 2 rings (SSSR count). The number of halogens is 1. The number of benzene rings is 2. The van der Waals surface area contributed by atoms with Crippen molar-refractivity contribution in [3.8, 4) is 0 Å². The normalized spacial score (nSPS) is 11.5. The van der Waals surface area contributed by atoms with Crippen molar-refractivity contribution in [2.24, 2.45) is 0 Å². The summed E-state index contributed by atoms with van der Waals surface area (Å²) in [4.78, 5) is 0. The van der Waals surface area contributed by atoms with Gasteiger partial charge < -0.3 is 0 Å². The van der Waals surface area contributed by atoms with E-state index in [1.807, 2.05) is 6.07 Å². The van der Waals surface area contributed by atoms with E-state index in [-0.39, 0.29) is 0 Å². The Kier molecular flexibility index (Phi) is 3.58. The molecule has 0 radical (unpaired) electrons. The lowest BCUT2D eigenvalue weighted by molar-refractivity contribution is 1.51.